The zero-order valence-electron chi connectivity index (χ0n) is 11.4. The highest BCUT2D eigenvalue weighted by Crippen LogP contribution is 2.24. The number of esters is 1. The molecule has 0 radical (unpaired) electrons. The number of hydrogen-bond donors (Lipinski definition) is 2. The Kier molecular flexibility index (Phi) is 5.05. The lowest BCUT2D eigenvalue weighted by Crippen LogP contribution is -2.06. The van der Waals surface area contributed by atoms with Gasteiger partial charge in [-0.3, -0.25) is 0 Å². The third-order valence-corrected chi connectivity index (χ3v) is 3.20. The molecule has 108 valence electrons. The van der Waals surface area contributed by atoms with Gasteiger partial charge in [-0.25, -0.2) is 9.78 Å². The van der Waals surface area contributed by atoms with Gasteiger partial charge in [-0.1, -0.05) is 28.1 Å². The Morgan fingerprint density at radius 2 is 2.14 bits per heavy atom. The first-order valence-electron chi connectivity index (χ1n) is 6.36. The molecule has 0 saturated heterocycles. The summed E-state index contributed by atoms with van der Waals surface area (Å²) in [6.07, 6.45) is 4.29. The summed E-state index contributed by atoms with van der Waals surface area (Å²) in [7, 11) is 0. The number of imidazole rings is 1. The first kappa shape index (κ1) is 15.2. The normalized spacial score (nSPS) is 10.8. The SMILES string of the molecule is CCOC(=O)c1[nH]c(/C=C\C=N)nc1-c1ccc(Br)cc1. The topological polar surface area (TPSA) is 78.8 Å². The van der Waals surface area contributed by atoms with Crippen molar-refractivity contribution in [1.29, 1.82) is 5.41 Å². The number of allylic oxidation sites excluding steroid dienone is 1. The van der Waals surface area contributed by atoms with E-state index in [1.165, 1.54) is 6.08 Å². The molecule has 0 atom stereocenters. The van der Waals surface area contributed by atoms with Crippen LogP contribution < -0.4 is 0 Å². The maximum absolute atomic E-state index is 12.0. The molecule has 21 heavy (non-hydrogen) atoms. The van der Waals surface area contributed by atoms with Crippen LogP contribution in [0.3, 0.4) is 0 Å². The first-order chi connectivity index (χ1) is 10.2. The minimum Gasteiger partial charge on any atom is -0.461 e. The first-order valence-corrected chi connectivity index (χ1v) is 7.15. The van der Waals surface area contributed by atoms with Gasteiger partial charge >= 0.3 is 5.97 Å². The van der Waals surface area contributed by atoms with E-state index in [2.05, 4.69) is 25.9 Å². The molecule has 0 unspecified atom stereocenters. The van der Waals surface area contributed by atoms with E-state index in [1.54, 1.807) is 13.0 Å². The van der Waals surface area contributed by atoms with Gasteiger partial charge in [0.2, 0.25) is 0 Å². The second-order valence-electron chi connectivity index (χ2n) is 4.10. The molecule has 5 nitrogen and oxygen atoms in total. The minimum atomic E-state index is -0.447. The van der Waals surface area contributed by atoms with Crippen LogP contribution in [0.1, 0.15) is 23.2 Å². The van der Waals surface area contributed by atoms with E-state index in [-0.39, 0.29) is 0 Å². The van der Waals surface area contributed by atoms with Crippen LogP contribution in [0.5, 0.6) is 0 Å². The van der Waals surface area contributed by atoms with Gasteiger partial charge in [0.15, 0.2) is 5.69 Å². The fourth-order valence-electron chi connectivity index (χ4n) is 1.78. The minimum absolute atomic E-state index is 0.295. The van der Waals surface area contributed by atoms with Gasteiger partial charge in [-0.2, -0.15) is 0 Å². The van der Waals surface area contributed by atoms with Gasteiger partial charge in [0, 0.05) is 16.3 Å². The fourth-order valence-corrected chi connectivity index (χ4v) is 2.04. The van der Waals surface area contributed by atoms with Crippen molar-refractivity contribution >= 4 is 34.2 Å². The van der Waals surface area contributed by atoms with Gasteiger partial charge in [0.25, 0.3) is 0 Å². The molecule has 6 heteroatoms. The quantitative estimate of drug-likeness (QED) is 0.639. The zero-order chi connectivity index (χ0) is 15.2. The molecule has 0 amide bonds. The van der Waals surface area contributed by atoms with Crippen molar-refractivity contribution < 1.29 is 9.53 Å². The van der Waals surface area contributed by atoms with Crippen LogP contribution in [-0.4, -0.2) is 28.8 Å². The standard InChI is InChI=1S/C15H14BrN3O2/c1-2-21-15(20)14-13(10-5-7-11(16)8-6-10)18-12(19-14)4-3-9-17/h3-9,17H,2H2,1H3,(H,18,19)/b4-3-,17-9?. The summed E-state index contributed by atoms with van der Waals surface area (Å²) in [5.41, 5.74) is 1.65. The van der Waals surface area contributed by atoms with Crippen LogP contribution in [0.15, 0.2) is 34.8 Å². The molecule has 0 spiro atoms. The van der Waals surface area contributed by atoms with E-state index in [0.29, 0.717) is 23.8 Å². The number of carbonyl (C=O) groups excluding carboxylic acids is 1. The Labute approximate surface area is 130 Å². The molecule has 0 aliphatic heterocycles. The van der Waals surface area contributed by atoms with Crippen molar-refractivity contribution in [2.24, 2.45) is 0 Å². The lowest BCUT2D eigenvalue weighted by atomic mass is 10.1. The average Bonchev–Trinajstić information content (AvgIpc) is 2.90. The number of carbonyl (C=O) groups is 1. The Morgan fingerprint density at radius 3 is 2.76 bits per heavy atom. The molecule has 2 aromatic rings. The van der Waals surface area contributed by atoms with Crippen molar-refractivity contribution in [3.05, 3.63) is 46.3 Å². The molecular formula is C15H14BrN3O2. The van der Waals surface area contributed by atoms with E-state index >= 15 is 0 Å². The molecule has 1 aromatic heterocycles. The van der Waals surface area contributed by atoms with Gasteiger partial charge in [-0.15, -0.1) is 0 Å². The molecule has 1 heterocycles. The molecular weight excluding hydrogens is 334 g/mol. The summed E-state index contributed by atoms with van der Waals surface area (Å²) in [5, 5.41) is 7.00. The fraction of sp³-hybridized carbons (Fsp3) is 0.133. The molecule has 0 aliphatic rings. The summed E-state index contributed by atoms with van der Waals surface area (Å²) in [6.45, 7) is 2.05. The van der Waals surface area contributed by atoms with Gasteiger partial charge in [0.1, 0.15) is 11.5 Å². The maximum atomic E-state index is 12.0. The monoisotopic (exact) mass is 347 g/mol. The highest BCUT2D eigenvalue weighted by atomic mass is 79.9. The number of rotatable bonds is 5. The predicted molar refractivity (Wildman–Crippen MR) is 85.5 cm³/mol. The summed E-state index contributed by atoms with van der Waals surface area (Å²) >= 11 is 3.37. The van der Waals surface area contributed by atoms with Crippen molar-refractivity contribution in [2.75, 3.05) is 6.61 Å². The van der Waals surface area contributed by atoms with Crippen LogP contribution >= 0.6 is 15.9 Å². The Balaban J connectivity index is 2.48. The number of nitrogens with zero attached hydrogens (tertiary/aromatic N) is 1. The van der Waals surface area contributed by atoms with Crippen LogP contribution in [0.25, 0.3) is 17.3 Å². The Hall–Kier alpha value is -2.21. The number of nitrogens with one attached hydrogen (secondary N) is 2. The van der Waals surface area contributed by atoms with E-state index < -0.39 is 5.97 Å². The molecule has 1 aromatic carbocycles. The van der Waals surface area contributed by atoms with E-state index in [1.807, 2.05) is 24.3 Å². The van der Waals surface area contributed by atoms with Gasteiger partial charge in [0.05, 0.1) is 6.61 Å². The highest BCUT2D eigenvalue weighted by molar-refractivity contribution is 9.10. The summed E-state index contributed by atoms with van der Waals surface area (Å²) in [6, 6.07) is 7.50. The number of hydrogen-bond acceptors (Lipinski definition) is 4. The van der Waals surface area contributed by atoms with Crippen molar-refractivity contribution in [3.8, 4) is 11.3 Å². The van der Waals surface area contributed by atoms with E-state index in [0.717, 1.165) is 16.3 Å². The number of aromatic amines is 1. The molecule has 2 N–H and O–H groups in total. The third-order valence-electron chi connectivity index (χ3n) is 2.67. The lowest BCUT2D eigenvalue weighted by molar-refractivity contribution is 0.0521. The predicted octanol–water partition coefficient (Wildman–Crippen LogP) is 3.68. The highest BCUT2D eigenvalue weighted by Gasteiger charge is 2.18. The van der Waals surface area contributed by atoms with Crippen molar-refractivity contribution in [3.63, 3.8) is 0 Å². The van der Waals surface area contributed by atoms with Gasteiger partial charge in [-0.05, 0) is 31.2 Å². The summed E-state index contributed by atoms with van der Waals surface area (Å²) in [5.74, 6) is 0.0527. The van der Waals surface area contributed by atoms with Crippen LogP contribution in [0.2, 0.25) is 0 Å². The second kappa shape index (κ2) is 6.99. The molecule has 0 bridgehead atoms. The maximum Gasteiger partial charge on any atom is 0.357 e. The number of H-pyrrole nitrogens is 1. The molecule has 2 rings (SSSR count). The number of aromatic nitrogens is 2. The van der Waals surface area contributed by atoms with Crippen molar-refractivity contribution in [2.45, 2.75) is 6.92 Å². The largest absolute Gasteiger partial charge is 0.461 e. The van der Waals surface area contributed by atoms with Gasteiger partial charge < -0.3 is 15.1 Å². The Morgan fingerprint density at radius 1 is 1.43 bits per heavy atom. The smallest absolute Gasteiger partial charge is 0.357 e. The summed E-state index contributed by atoms with van der Waals surface area (Å²) < 4.78 is 5.99. The average molecular weight is 348 g/mol. The number of benzene rings is 1. The Bertz CT molecular complexity index is 675. The zero-order valence-corrected chi connectivity index (χ0v) is 13.0. The van der Waals surface area contributed by atoms with Crippen LogP contribution in [0, 0.1) is 5.41 Å². The van der Waals surface area contributed by atoms with Crippen molar-refractivity contribution in [1.82, 2.24) is 9.97 Å². The number of ether oxygens (including phenoxy) is 1. The third kappa shape index (κ3) is 3.66. The molecule has 0 saturated carbocycles. The van der Waals surface area contributed by atoms with E-state index in [4.69, 9.17) is 10.1 Å². The van der Waals surface area contributed by atoms with E-state index in [9.17, 15) is 4.79 Å². The van der Waals surface area contributed by atoms with Crippen LogP contribution in [-0.2, 0) is 4.74 Å². The summed E-state index contributed by atoms with van der Waals surface area (Å²) in [4.78, 5) is 19.3. The van der Waals surface area contributed by atoms with Crippen LogP contribution in [0.4, 0.5) is 0 Å². The molecule has 0 fully saturated rings. The second-order valence-corrected chi connectivity index (χ2v) is 5.01. The lowest BCUT2D eigenvalue weighted by Gasteiger charge is -2.02. The molecule has 0 aliphatic carbocycles. The number of halogens is 1.